The van der Waals surface area contributed by atoms with Gasteiger partial charge in [-0.3, -0.25) is 0 Å². The van der Waals surface area contributed by atoms with Crippen LogP contribution < -0.4 is 15.8 Å². The summed E-state index contributed by atoms with van der Waals surface area (Å²) in [6.45, 7) is 3.64. The molecule has 0 saturated heterocycles. The maximum atomic E-state index is 11.6. The van der Waals surface area contributed by atoms with Crippen molar-refractivity contribution in [2.75, 3.05) is 23.7 Å². The first kappa shape index (κ1) is 13.2. The van der Waals surface area contributed by atoms with Gasteiger partial charge in [0.25, 0.3) is 0 Å². The van der Waals surface area contributed by atoms with Gasteiger partial charge < -0.3 is 10.6 Å². The van der Waals surface area contributed by atoms with Crippen LogP contribution in [0.1, 0.15) is 19.8 Å². The van der Waals surface area contributed by atoms with E-state index in [1.54, 1.807) is 12.1 Å². The summed E-state index contributed by atoms with van der Waals surface area (Å²) in [7, 11) is -3.75. The second kappa shape index (κ2) is 4.78. The third kappa shape index (κ3) is 2.94. The fourth-order valence-corrected chi connectivity index (χ4v) is 2.82. The molecule has 0 atom stereocenters. The molecule has 0 unspecified atom stereocenters. The molecule has 0 radical (unpaired) electrons. The van der Waals surface area contributed by atoms with Crippen molar-refractivity contribution in [3.63, 3.8) is 0 Å². The van der Waals surface area contributed by atoms with Crippen molar-refractivity contribution < 1.29 is 8.42 Å². The number of benzene rings is 1. The van der Waals surface area contributed by atoms with Crippen LogP contribution in [0.4, 0.5) is 11.4 Å². The molecule has 6 heteroatoms. The first-order valence-electron chi connectivity index (χ1n) is 6.09. The molecule has 1 aromatic rings. The molecule has 0 aliphatic heterocycles. The Balaban J connectivity index is 2.41. The minimum absolute atomic E-state index is 0.116. The second-order valence-corrected chi connectivity index (χ2v) is 6.28. The maximum Gasteiger partial charge on any atom is 0.240 e. The van der Waals surface area contributed by atoms with Gasteiger partial charge in [-0.1, -0.05) is 0 Å². The van der Waals surface area contributed by atoms with Crippen molar-refractivity contribution >= 4 is 21.4 Å². The van der Waals surface area contributed by atoms with Crippen molar-refractivity contribution in [3.05, 3.63) is 18.2 Å². The largest absolute Gasteiger partial charge is 0.399 e. The average molecular weight is 269 g/mol. The summed E-state index contributed by atoms with van der Waals surface area (Å²) >= 11 is 0. The van der Waals surface area contributed by atoms with Crippen LogP contribution in [0.15, 0.2) is 23.1 Å². The van der Waals surface area contributed by atoms with Crippen molar-refractivity contribution in [1.29, 1.82) is 0 Å². The standard InChI is InChI=1S/C12H19N3O2S/c1-2-15(8-9-3-4-9)11-6-5-10(13)7-12(11)18(14,16)17/h5-7,9H,2-4,8,13H2,1H3,(H2,14,16,17). The molecule has 1 aliphatic carbocycles. The van der Waals surface area contributed by atoms with Crippen LogP contribution >= 0.6 is 0 Å². The maximum absolute atomic E-state index is 11.6. The summed E-state index contributed by atoms with van der Waals surface area (Å²) < 4.78 is 23.2. The Kier molecular flexibility index (Phi) is 3.49. The van der Waals surface area contributed by atoms with Gasteiger partial charge in [0.2, 0.25) is 10.0 Å². The highest BCUT2D eigenvalue weighted by Gasteiger charge is 2.26. The average Bonchev–Trinajstić information content (AvgIpc) is 3.09. The Hall–Kier alpha value is -1.27. The Morgan fingerprint density at radius 3 is 2.56 bits per heavy atom. The number of primary sulfonamides is 1. The fraction of sp³-hybridized carbons (Fsp3) is 0.500. The van der Waals surface area contributed by atoms with Crippen LogP contribution in [0.2, 0.25) is 0 Å². The van der Waals surface area contributed by atoms with Gasteiger partial charge in [0.1, 0.15) is 4.90 Å². The van der Waals surface area contributed by atoms with Crippen LogP contribution in [-0.2, 0) is 10.0 Å². The Morgan fingerprint density at radius 2 is 2.06 bits per heavy atom. The van der Waals surface area contributed by atoms with Crippen LogP contribution in [0.3, 0.4) is 0 Å². The monoisotopic (exact) mass is 269 g/mol. The van der Waals surface area contributed by atoms with E-state index in [0.717, 1.165) is 13.1 Å². The van der Waals surface area contributed by atoms with Crippen molar-refractivity contribution in [3.8, 4) is 0 Å². The first-order valence-corrected chi connectivity index (χ1v) is 7.63. The minimum atomic E-state index is -3.75. The van der Waals surface area contributed by atoms with E-state index in [-0.39, 0.29) is 4.90 Å². The molecule has 1 fully saturated rings. The normalized spacial score (nSPS) is 15.7. The molecule has 0 heterocycles. The zero-order valence-corrected chi connectivity index (χ0v) is 11.3. The van der Waals surface area contributed by atoms with E-state index in [2.05, 4.69) is 4.90 Å². The third-order valence-corrected chi connectivity index (χ3v) is 4.13. The SMILES string of the molecule is CCN(CC1CC1)c1ccc(N)cc1S(N)(=O)=O. The number of nitrogens with zero attached hydrogens (tertiary/aromatic N) is 1. The Morgan fingerprint density at radius 1 is 1.39 bits per heavy atom. The van der Waals surface area contributed by atoms with E-state index in [9.17, 15) is 8.42 Å². The van der Waals surface area contributed by atoms with E-state index < -0.39 is 10.0 Å². The number of nitrogens with two attached hydrogens (primary N) is 2. The fourth-order valence-electron chi connectivity index (χ4n) is 2.03. The van der Waals surface area contributed by atoms with Gasteiger partial charge in [-0.2, -0.15) is 0 Å². The van der Waals surface area contributed by atoms with Gasteiger partial charge >= 0.3 is 0 Å². The van der Waals surface area contributed by atoms with E-state index in [0.29, 0.717) is 17.3 Å². The zero-order chi connectivity index (χ0) is 13.3. The lowest BCUT2D eigenvalue weighted by Crippen LogP contribution is -2.28. The topological polar surface area (TPSA) is 89.4 Å². The number of anilines is 2. The number of nitrogen functional groups attached to an aromatic ring is 1. The van der Waals surface area contributed by atoms with Gasteiger partial charge in [-0.25, -0.2) is 13.6 Å². The molecular weight excluding hydrogens is 250 g/mol. The van der Waals surface area contributed by atoms with Gasteiger partial charge in [0.05, 0.1) is 5.69 Å². The number of hydrogen-bond donors (Lipinski definition) is 2. The smallest absolute Gasteiger partial charge is 0.240 e. The summed E-state index contributed by atoms with van der Waals surface area (Å²) in [6, 6.07) is 4.88. The van der Waals surface area contributed by atoms with Crippen molar-refractivity contribution in [2.45, 2.75) is 24.7 Å². The lowest BCUT2D eigenvalue weighted by Gasteiger charge is -2.25. The van der Waals surface area contributed by atoms with Gasteiger partial charge in [-0.15, -0.1) is 0 Å². The highest BCUT2D eigenvalue weighted by Crippen LogP contribution is 2.33. The van der Waals surface area contributed by atoms with Crippen LogP contribution in [0.25, 0.3) is 0 Å². The van der Waals surface area contributed by atoms with Crippen LogP contribution in [0.5, 0.6) is 0 Å². The van der Waals surface area contributed by atoms with E-state index in [4.69, 9.17) is 10.9 Å². The van der Waals surface area contributed by atoms with E-state index in [1.807, 2.05) is 6.92 Å². The van der Waals surface area contributed by atoms with Crippen molar-refractivity contribution in [1.82, 2.24) is 0 Å². The highest BCUT2D eigenvalue weighted by atomic mass is 32.2. The third-order valence-electron chi connectivity index (χ3n) is 3.19. The molecule has 2 rings (SSSR count). The van der Waals surface area contributed by atoms with E-state index in [1.165, 1.54) is 18.9 Å². The second-order valence-electron chi connectivity index (χ2n) is 4.75. The first-order chi connectivity index (χ1) is 8.41. The van der Waals surface area contributed by atoms with E-state index >= 15 is 0 Å². The molecule has 18 heavy (non-hydrogen) atoms. The molecule has 4 N–H and O–H groups in total. The molecule has 1 aromatic carbocycles. The van der Waals surface area contributed by atoms with Gasteiger partial charge in [0.15, 0.2) is 0 Å². The number of rotatable bonds is 5. The Bertz CT molecular complexity index is 538. The number of sulfonamides is 1. The van der Waals surface area contributed by atoms with Gasteiger partial charge in [0, 0.05) is 18.8 Å². The molecule has 0 spiro atoms. The highest BCUT2D eigenvalue weighted by molar-refractivity contribution is 7.89. The predicted octanol–water partition coefficient (Wildman–Crippen LogP) is 1.15. The molecule has 0 aromatic heterocycles. The Labute approximate surface area is 108 Å². The molecule has 5 nitrogen and oxygen atoms in total. The summed E-state index contributed by atoms with van der Waals surface area (Å²) in [6.07, 6.45) is 2.44. The minimum Gasteiger partial charge on any atom is -0.399 e. The number of hydrogen-bond acceptors (Lipinski definition) is 4. The predicted molar refractivity (Wildman–Crippen MR) is 72.8 cm³/mol. The van der Waals surface area contributed by atoms with Gasteiger partial charge in [-0.05, 0) is 43.9 Å². The summed E-state index contributed by atoms with van der Waals surface area (Å²) in [5, 5.41) is 5.26. The van der Waals surface area contributed by atoms with Crippen LogP contribution in [-0.4, -0.2) is 21.5 Å². The lowest BCUT2D eigenvalue weighted by molar-refractivity contribution is 0.597. The molecule has 1 aliphatic rings. The van der Waals surface area contributed by atoms with Crippen LogP contribution in [0, 0.1) is 5.92 Å². The summed E-state index contributed by atoms with van der Waals surface area (Å²) in [4.78, 5) is 2.17. The molecule has 0 amide bonds. The molecular formula is C12H19N3O2S. The zero-order valence-electron chi connectivity index (χ0n) is 10.5. The molecule has 1 saturated carbocycles. The summed E-state index contributed by atoms with van der Waals surface area (Å²) in [5.74, 6) is 0.677. The lowest BCUT2D eigenvalue weighted by atomic mass is 10.2. The molecule has 0 bridgehead atoms. The summed E-state index contributed by atoms with van der Waals surface area (Å²) in [5.41, 5.74) is 6.70. The quantitative estimate of drug-likeness (QED) is 0.785. The van der Waals surface area contributed by atoms with Crippen molar-refractivity contribution in [2.24, 2.45) is 11.1 Å². The molecule has 100 valence electrons.